The van der Waals surface area contributed by atoms with Gasteiger partial charge in [-0.3, -0.25) is 0 Å². The molecule has 0 aliphatic rings. The zero-order chi connectivity index (χ0) is 18.9. The molecule has 2 aromatic carbocycles. The molecule has 23 heavy (non-hydrogen) atoms. The van der Waals surface area contributed by atoms with Crippen molar-refractivity contribution in [1.82, 2.24) is 4.98 Å². The van der Waals surface area contributed by atoms with Gasteiger partial charge in [0.05, 0.1) is 0 Å². The molecule has 1 aromatic heterocycles. The molecule has 3 aromatic rings. The Labute approximate surface area is 146 Å². The molecule has 0 aliphatic heterocycles. The number of hydrogen-bond donors (Lipinski definition) is 0. The maximum absolute atomic E-state index is 7.83. The van der Waals surface area contributed by atoms with Gasteiger partial charge in [-0.05, 0) is 0 Å². The normalized spacial score (nSPS) is 14.0. The molecule has 0 N–H and O–H groups in total. The van der Waals surface area contributed by atoms with Crippen LogP contribution in [0.2, 0.25) is 17.3 Å². The van der Waals surface area contributed by atoms with Crippen molar-refractivity contribution in [2.24, 2.45) is 0 Å². The van der Waals surface area contributed by atoms with Crippen LogP contribution in [0.4, 0.5) is 0 Å². The first-order valence-electron chi connectivity index (χ1n) is 9.33. The maximum atomic E-state index is 7.83. The molecule has 0 radical (unpaired) electrons. The molecule has 3 rings (SSSR count). The first-order valence-corrected chi connectivity index (χ1v) is 15.2. The van der Waals surface area contributed by atoms with Crippen LogP contribution in [0, 0.1) is 6.85 Å². The van der Waals surface area contributed by atoms with E-state index in [0.717, 1.165) is 16.8 Å². The average Bonchev–Trinajstić information content (AvgIpc) is 2.60. The van der Waals surface area contributed by atoms with Gasteiger partial charge in [0.25, 0.3) is 0 Å². The molecule has 0 bridgehead atoms. The van der Waals surface area contributed by atoms with Crippen LogP contribution in [0.5, 0.6) is 0 Å². The van der Waals surface area contributed by atoms with Gasteiger partial charge < -0.3 is 0 Å². The number of hydrogen-bond acceptors (Lipinski definition) is 1. The van der Waals surface area contributed by atoms with E-state index in [4.69, 9.17) is 4.11 Å². The number of nitrogens with zero attached hydrogens (tertiary/aromatic N) is 1. The molecular formula is C21H23GeN. The Bertz CT molecular complexity index is 895. The molecule has 0 amide bonds. The van der Waals surface area contributed by atoms with Gasteiger partial charge in [-0.15, -0.1) is 0 Å². The van der Waals surface area contributed by atoms with E-state index in [1.807, 2.05) is 36.4 Å². The Balaban J connectivity index is 2.10. The van der Waals surface area contributed by atoms with Crippen molar-refractivity contribution >= 4 is 17.7 Å². The fraction of sp³-hybridized carbons (Fsp3) is 0.190. The van der Waals surface area contributed by atoms with E-state index in [2.05, 4.69) is 46.5 Å². The van der Waals surface area contributed by atoms with Crippen molar-refractivity contribution in [2.45, 2.75) is 24.1 Å². The predicted octanol–water partition coefficient (Wildman–Crippen LogP) is 5.27. The summed E-state index contributed by atoms with van der Waals surface area (Å²) in [5.74, 6) is 7.10. The molecule has 0 aliphatic carbocycles. The van der Waals surface area contributed by atoms with E-state index in [1.165, 1.54) is 10.6 Å². The van der Waals surface area contributed by atoms with Crippen molar-refractivity contribution in [3.63, 3.8) is 0 Å². The van der Waals surface area contributed by atoms with Crippen LogP contribution in [0.3, 0.4) is 0 Å². The van der Waals surface area contributed by atoms with E-state index < -0.39 is 20.1 Å². The molecule has 0 saturated carbocycles. The van der Waals surface area contributed by atoms with Crippen LogP contribution in [0.25, 0.3) is 22.4 Å². The van der Waals surface area contributed by atoms with Gasteiger partial charge in [-0.2, -0.15) is 0 Å². The number of pyridine rings is 1. The van der Waals surface area contributed by atoms with Crippen LogP contribution < -0.4 is 4.40 Å². The second-order valence-corrected chi connectivity index (χ2v) is 17.5. The molecule has 2 heteroatoms. The molecule has 1 heterocycles. The monoisotopic (exact) mass is 366 g/mol. The summed E-state index contributed by atoms with van der Waals surface area (Å²) in [6.45, 7) is -2.19. The molecule has 0 saturated heterocycles. The van der Waals surface area contributed by atoms with Crippen LogP contribution in [-0.2, 0) is 0 Å². The quantitative estimate of drug-likeness (QED) is 0.577. The standard InChI is InChI=1S/C21H23GeN/c1-16-15-23-21(14-20(16)17-8-6-5-7-9-17)18-10-12-19(13-11-18)22(2,3)4/h5-15H,1-4H3/i1D3. The predicted molar refractivity (Wildman–Crippen MR) is 103 cm³/mol. The summed E-state index contributed by atoms with van der Waals surface area (Å²) in [6, 6.07) is 20.1. The topological polar surface area (TPSA) is 12.9 Å². The summed E-state index contributed by atoms with van der Waals surface area (Å²) in [6.07, 6.45) is 1.50. The van der Waals surface area contributed by atoms with E-state index in [9.17, 15) is 0 Å². The fourth-order valence-electron chi connectivity index (χ4n) is 2.61. The zero-order valence-corrected chi connectivity index (χ0v) is 15.9. The van der Waals surface area contributed by atoms with Crippen LogP contribution in [0.1, 0.15) is 9.68 Å². The third kappa shape index (κ3) is 3.56. The third-order valence-electron chi connectivity index (χ3n) is 4.04. The Morgan fingerprint density at radius 2 is 1.57 bits per heavy atom. The van der Waals surface area contributed by atoms with Gasteiger partial charge in [-0.1, -0.05) is 0 Å². The van der Waals surface area contributed by atoms with E-state index in [1.54, 1.807) is 0 Å². The van der Waals surface area contributed by atoms with Crippen molar-refractivity contribution in [2.75, 3.05) is 0 Å². The van der Waals surface area contributed by atoms with E-state index in [0.29, 0.717) is 5.56 Å². The van der Waals surface area contributed by atoms with Crippen molar-refractivity contribution < 1.29 is 4.11 Å². The fourth-order valence-corrected chi connectivity index (χ4v) is 5.06. The summed E-state index contributed by atoms with van der Waals surface area (Å²) in [5.41, 5.74) is 3.70. The molecule has 1 nitrogen and oxygen atoms in total. The summed E-state index contributed by atoms with van der Waals surface area (Å²) in [5, 5.41) is 0. The van der Waals surface area contributed by atoms with Crippen LogP contribution in [-0.4, -0.2) is 18.3 Å². The van der Waals surface area contributed by atoms with Gasteiger partial charge in [0.2, 0.25) is 0 Å². The number of aryl methyl sites for hydroxylation is 1. The van der Waals surface area contributed by atoms with E-state index >= 15 is 0 Å². The van der Waals surface area contributed by atoms with Crippen LogP contribution in [0.15, 0.2) is 66.9 Å². The van der Waals surface area contributed by atoms with Crippen LogP contribution >= 0.6 is 0 Å². The third-order valence-corrected chi connectivity index (χ3v) is 8.37. The van der Waals surface area contributed by atoms with Crippen molar-refractivity contribution in [3.05, 3.63) is 72.4 Å². The summed E-state index contributed by atoms with van der Waals surface area (Å²) in [4.78, 5) is 4.45. The molecule has 0 fully saturated rings. The first-order chi connectivity index (χ1) is 12.2. The Kier molecular flexibility index (Phi) is 3.45. The SMILES string of the molecule is [2H]C([2H])([2H])c1cnc(-c2cc[c]([Ge]([CH3])([CH3])[CH3])cc2)cc1-c1ccccc1. The Hall–Kier alpha value is -1.87. The Morgan fingerprint density at radius 3 is 2.17 bits per heavy atom. The number of rotatable bonds is 3. The number of benzene rings is 2. The van der Waals surface area contributed by atoms with Crippen molar-refractivity contribution in [1.29, 1.82) is 0 Å². The van der Waals surface area contributed by atoms with Crippen molar-refractivity contribution in [3.8, 4) is 22.4 Å². The molecule has 0 spiro atoms. The van der Waals surface area contributed by atoms with Gasteiger partial charge in [0, 0.05) is 0 Å². The Morgan fingerprint density at radius 1 is 0.870 bits per heavy atom. The second kappa shape index (κ2) is 6.33. The minimum absolute atomic E-state index is 0.286. The molecule has 116 valence electrons. The number of aromatic nitrogens is 1. The minimum atomic E-state index is -2.19. The summed E-state index contributed by atoms with van der Waals surface area (Å²) < 4.78 is 24.9. The molecular weight excluding hydrogens is 339 g/mol. The van der Waals surface area contributed by atoms with Gasteiger partial charge in [0.15, 0.2) is 0 Å². The van der Waals surface area contributed by atoms with Gasteiger partial charge in [-0.25, -0.2) is 0 Å². The van der Waals surface area contributed by atoms with Gasteiger partial charge >= 0.3 is 146 Å². The second-order valence-electron chi connectivity index (χ2n) is 6.81. The summed E-state index contributed by atoms with van der Waals surface area (Å²) in [7, 11) is 0. The summed E-state index contributed by atoms with van der Waals surface area (Å²) >= 11 is -1.85. The van der Waals surface area contributed by atoms with Gasteiger partial charge in [0.1, 0.15) is 0 Å². The molecule has 0 unspecified atom stereocenters. The first kappa shape index (κ1) is 12.5. The average molecular weight is 365 g/mol. The zero-order valence-electron chi connectivity index (χ0n) is 16.8. The van der Waals surface area contributed by atoms with E-state index in [-0.39, 0.29) is 5.56 Å². The molecule has 0 atom stereocenters.